The van der Waals surface area contributed by atoms with Gasteiger partial charge in [0.15, 0.2) is 0 Å². The van der Waals surface area contributed by atoms with Crippen molar-refractivity contribution in [3.63, 3.8) is 0 Å². The molecule has 0 saturated carbocycles. The van der Waals surface area contributed by atoms with Crippen LogP contribution in [0.2, 0.25) is 0 Å². The van der Waals surface area contributed by atoms with Crippen molar-refractivity contribution in [1.29, 1.82) is 5.26 Å². The van der Waals surface area contributed by atoms with Gasteiger partial charge in [0.05, 0.1) is 6.07 Å². The minimum atomic E-state index is -0.304. The second-order valence-electron chi connectivity index (χ2n) is 4.42. The molecular formula is C11H20N2O. The van der Waals surface area contributed by atoms with Gasteiger partial charge in [-0.2, -0.15) is 5.26 Å². The maximum atomic E-state index is 11.6. The number of rotatable bonds is 4. The van der Waals surface area contributed by atoms with Crippen molar-refractivity contribution in [2.24, 2.45) is 11.8 Å². The summed E-state index contributed by atoms with van der Waals surface area (Å²) in [4.78, 5) is 13.2. The first-order chi connectivity index (χ1) is 6.40. The number of nitrogens with zero attached hydrogens (tertiary/aromatic N) is 2. The maximum absolute atomic E-state index is 11.6. The minimum Gasteiger partial charge on any atom is -0.329 e. The van der Waals surface area contributed by atoms with Crippen LogP contribution in [0.15, 0.2) is 0 Å². The number of carbonyl (C=O) groups excluding carboxylic acids is 1. The van der Waals surface area contributed by atoms with Crippen molar-refractivity contribution >= 4 is 5.91 Å². The third kappa shape index (κ3) is 3.78. The Morgan fingerprint density at radius 2 is 1.86 bits per heavy atom. The average Bonchev–Trinajstić information content (AvgIpc) is 2.03. The zero-order valence-corrected chi connectivity index (χ0v) is 9.74. The van der Waals surface area contributed by atoms with E-state index in [1.54, 1.807) is 11.9 Å². The molecule has 0 heterocycles. The van der Waals surface area contributed by atoms with Crippen molar-refractivity contribution in [3.8, 4) is 6.07 Å². The SMILES string of the molecule is CC(C)CC(=O)N(C)C(C#N)C(C)C. The van der Waals surface area contributed by atoms with Crippen LogP contribution < -0.4 is 0 Å². The van der Waals surface area contributed by atoms with Gasteiger partial charge in [0.25, 0.3) is 0 Å². The molecule has 0 aromatic carbocycles. The Balaban J connectivity index is 4.37. The molecule has 0 aliphatic rings. The highest BCUT2D eigenvalue weighted by Crippen LogP contribution is 2.11. The van der Waals surface area contributed by atoms with Gasteiger partial charge in [-0.1, -0.05) is 27.7 Å². The van der Waals surface area contributed by atoms with E-state index in [0.29, 0.717) is 12.3 Å². The fourth-order valence-corrected chi connectivity index (χ4v) is 1.33. The second-order valence-corrected chi connectivity index (χ2v) is 4.42. The summed E-state index contributed by atoms with van der Waals surface area (Å²) in [5.41, 5.74) is 0. The highest BCUT2D eigenvalue weighted by atomic mass is 16.2. The van der Waals surface area contributed by atoms with E-state index < -0.39 is 0 Å². The molecule has 0 aliphatic carbocycles. The summed E-state index contributed by atoms with van der Waals surface area (Å²) in [7, 11) is 1.71. The molecule has 0 aromatic rings. The first-order valence-electron chi connectivity index (χ1n) is 5.05. The van der Waals surface area contributed by atoms with Crippen molar-refractivity contribution in [1.82, 2.24) is 4.90 Å². The molecule has 14 heavy (non-hydrogen) atoms. The predicted octanol–water partition coefficient (Wildman–Crippen LogP) is 2.04. The number of carbonyl (C=O) groups is 1. The zero-order chi connectivity index (χ0) is 11.3. The summed E-state index contributed by atoms with van der Waals surface area (Å²) in [6.07, 6.45) is 0.515. The zero-order valence-electron chi connectivity index (χ0n) is 9.74. The van der Waals surface area contributed by atoms with Crippen LogP contribution in [0.25, 0.3) is 0 Å². The van der Waals surface area contributed by atoms with Crippen LogP contribution in [-0.4, -0.2) is 23.9 Å². The average molecular weight is 196 g/mol. The summed E-state index contributed by atoms with van der Waals surface area (Å²) in [5, 5.41) is 8.91. The first-order valence-corrected chi connectivity index (χ1v) is 5.05. The standard InChI is InChI=1S/C11H20N2O/c1-8(2)6-11(14)13(5)10(7-12)9(3)4/h8-10H,6H2,1-5H3. The fourth-order valence-electron chi connectivity index (χ4n) is 1.33. The van der Waals surface area contributed by atoms with E-state index in [0.717, 1.165) is 0 Å². The number of nitriles is 1. The number of amides is 1. The topological polar surface area (TPSA) is 44.1 Å². The van der Waals surface area contributed by atoms with Crippen LogP contribution >= 0.6 is 0 Å². The number of hydrogen-bond donors (Lipinski definition) is 0. The molecule has 3 heteroatoms. The van der Waals surface area contributed by atoms with E-state index in [-0.39, 0.29) is 17.9 Å². The fraction of sp³-hybridized carbons (Fsp3) is 0.818. The van der Waals surface area contributed by atoms with E-state index in [9.17, 15) is 4.79 Å². The van der Waals surface area contributed by atoms with E-state index in [1.165, 1.54) is 0 Å². The van der Waals surface area contributed by atoms with Gasteiger partial charge in [0.2, 0.25) is 5.91 Å². The quantitative estimate of drug-likeness (QED) is 0.690. The second kappa shape index (κ2) is 5.64. The van der Waals surface area contributed by atoms with E-state index in [4.69, 9.17) is 5.26 Å². The van der Waals surface area contributed by atoms with Gasteiger partial charge >= 0.3 is 0 Å². The third-order valence-corrected chi connectivity index (χ3v) is 2.16. The molecule has 0 radical (unpaired) electrons. The smallest absolute Gasteiger partial charge is 0.223 e. The molecule has 0 saturated heterocycles. The van der Waals surface area contributed by atoms with E-state index in [1.807, 2.05) is 27.7 Å². The highest BCUT2D eigenvalue weighted by molar-refractivity contribution is 5.76. The lowest BCUT2D eigenvalue weighted by atomic mass is 10.0. The van der Waals surface area contributed by atoms with Crippen LogP contribution in [0.3, 0.4) is 0 Å². The Morgan fingerprint density at radius 1 is 1.36 bits per heavy atom. The first kappa shape index (κ1) is 13.0. The van der Waals surface area contributed by atoms with Crippen LogP contribution in [0.1, 0.15) is 34.1 Å². The van der Waals surface area contributed by atoms with Crippen LogP contribution in [-0.2, 0) is 4.79 Å². The van der Waals surface area contributed by atoms with Gasteiger partial charge < -0.3 is 4.90 Å². The molecule has 0 fully saturated rings. The van der Waals surface area contributed by atoms with Gasteiger partial charge in [-0.3, -0.25) is 4.79 Å². The molecule has 0 aliphatic heterocycles. The summed E-state index contributed by atoms with van der Waals surface area (Å²) in [6, 6.07) is 1.86. The molecule has 0 N–H and O–H groups in total. The predicted molar refractivity (Wildman–Crippen MR) is 56.5 cm³/mol. The van der Waals surface area contributed by atoms with Crippen LogP contribution in [0, 0.1) is 23.2 Å². The lowest BCUT2D eigenvalue weighted by Crippen LogP contribution is -2.39. The molecule has 3 nitrogen and oxygen atoms in total. The van der Waals surface area contributed by atoms with Crippen LogP contribution in [0.5, 0.6) is 0 Å². The molecule has 0 bridgehead atoms. The Kier molecular flexibility index (Phi) is 5.22. The molecule has 0 rings (SSSR count). The van der Waals surface area contributed by atoms with Gasteiger partial charge in [0.1, 0.15) is 6.04 Å². The highest BCUT2D eigenvalue weighted by Gasteiger charge is 2.22. The summed E-state index contributed by atoms with van der Waals surface area (Å²) >= 11 is 0. The molecule has 1 unspecified atom stereocenters. The van der Waals surface area contributed by atoms with Gasteiger partial charge in [-0.25, -0.2) is 0 Å². The lowest BCUT2D eigenvalue weighted by Gasteiger charge is -2.26. The molecule has 1 amide bonds. The Bertz CT molecular complexity index is 228. The Morgan fingerprint density at radius 3 is 2.14 bits per heavy atom. The van der Waals surface area contributed by atoms with Crippen molar-refractivity contribution in [2.75, 3.05) is 7.05 Å². The monoisotopic (exact) mass is 196 g/mol. The largest absolute Gasteiger partial charge is 0.329 e. The van der Waals surface area contributed by atoms with Gasteiger partial charge in [-0.05, 0) is 11.8 Å². The van der Waals surface area contributed by atoms with Crippen molar-refractivity contribution < 1.29 is 4.79 Å². The van der Waals surface area contributed by atoms with Crippen molar-refractivity contribution in [2.45, 2.75) is 40.2 Å². The third-order valence-electron chi connectivity index (χ3n) is 2.16. The van der Waals surface area contributed by atoms with Crippen LogP contribution in [0.4, 0.5) is 0 Å². The maximum Gasteiger partial charge on any atom is 0.223 e. The van der Waals surface area contributed by atoms with Crippen molar-refractivity contribution in [3.05, 3.63) is 0 Å². The summed E-state index contributed by atoms with van der Waals surface area (Å²) in [6.45, 7) is 7.91. The Hall–Kier alpha value is -1.04. The summed E-state index contributed by atoms with van der Waals surface area (Å²) < 4.78 is 0. The molecular weight excluding hydrogens is 176 g/mol. The van der Waals surface area contributed by atoms with Gasteiger partial charge in [-0.15, -0.1) is 0 Å². The molecule has 80 valence electrons. The van der Waals surface area contributed by atoms with Gasteiger partial charge in [0, 0.05) is 13.5 Å². The minimum absolute atomic E-state index is 0.0558. The lowest BCUT2D eigenvalue weighted by molar-refractivity contribution is -0.132. The molecule has 1 atom stereocenters. The summed E-state index contributed by atoms with van der Waals surface area (Å²) in [5.74, 6) is 0.581. The van der Waals surface area contributed by atoms with E-state index >= 15 is 0 Å². The number of hydrogen-bond acceptors (Lipinski definition) is 2. The molecule has 0 spiro atoms. The van der Waals surface area contributed by atoms with E-state index in [2.05, 4.69) is 6.07 Å². The Labute approximate surface area is 86.7 Å². The molecule has 0 aromatic heterocycles. The normalized spacial score (nSPS) is 12.7.